The van der Waals surface area contributed by atoms with Gasteiger partial charge in [-0.2, -0.15) is 0 Å². The van der Waals surface area contributed by atoms with E-state index < -0.39 is 0 Å². The Balaban J connectivity index is 2.22. The largest absolute Gasteiger partial charge is 0.508 e. The van der Waals surface area contributed by atoms with Crippen LogP contribution in [0.4, 0.5) is 10.1 Å². The number of ether oxygens (including phenoxy) is 1. The van der Waals surface area contributed by atoms with Crippen molar-refractivity contribution in [2.24, 2.45) is 0 Å². The summed E-state index contributed by atoms with van der Waals surface area (Å²) in [5.41, 5.74) is 2.11. The van der Waals surface area contributed by atoms with Gasteiger partial charge in [0.15, 0.2) is 0 Å². The fourth-order valence-corrected chi connectivity index (χ4v) is 2.01. The second-order valence-corrected chi connectivity index (χ2v) is 4.84. The molecule has 0 saturated carbocycles. The van der Waals surface area contributed by atoms with Crippen LogP contribution in [0.15, 0.2) is 30.3 Å². The zero-order chi connectivity index (χ0) is 14.7. The van der Waals surface area contributed by atoms with Crippen molar-refractivity contribution in [3.63, 3.8) is 0 Å². The Bertz CT molecular complexity index is 632. The Morgan fingerprint density at radius 3 is 2.75 bits per heavy atom. The van der Waals surface area contributed by atoms with E-state index in [2.05, 4.69) is 5.32 Å². The molecule has 2 aromatic rings. The molecule has 0 aliphatic heterocycles. The van der Waals surface area contributed by atoms with Crippen molar-refractivity contribution in [3.05, 3.63) is 52.3 Å². The Kier molecular flexibility index (Phi) is 4.35. The number of anilines is 1. The van der Waals surface area contributed by atoms with Crippen LogP contribution in [0.2, 0.25) is 5.02 Å². The van der Waals surface area contributed by atoms with Gasteiger partial charge in [-0.1, -0.05) is 11.6 Å². The van der Waals surface area contributed by atoms with Gasteiger partial charge in [-0.3, -0.25) is 0 Å². The molecule has 20 heavy (non-hydrogen) atoms. The van der Waals surface area contributed by atoms with Crippen molar-refractivity contribution >= 4 is 17.3 Å². The van der Waals surface area contributed by atoms with E-state index in [-0.39, 0.29) is 18.1 Å². The standard InChI is InChI=1S/C15H15ClFNO2/c1-9-5-13(15(20-2)7-12(9)16)18-8-10-6-11(17)3-4-14(10)19/h3-7,18-19H,8H2,1-2H3. The molecule has 0 bridgehead atoms. The number of benzene rings is 2. The van der Waals surface area contributed by atoms with Crippen LogP contribution < -0.4 is 10.1 Å². The maximum absolute atomic E-state index is 13.2. The summed E-state index contributed by atoms with van der Waals surface area (Å²) < 4.78 is 18.4. The van der Waals surface area contributed by atoms with Crippen LogP contribution in [0.3, 0.4) is 0 Å². The van der Waals surface area contributed by atoms with Crippen LogP contribution in [-0.2, 0) is 6.54 Å². The third kappa shape index (κ3) is 3.14. The van der Waals surface area contributed by atoms with Crippen molar-refractivity contribution in [2.75, 3.05) is 12.4 Å². The Morgan fingerprint density at radius 2 is 2.05 bits per heavy atom. The number of phenols is 1. The second-order valence-electron chi connectivity index (χ2n) is 4.43. The SMILES string of the molecule is COc1cc(Cl)c(C)cc1NCc1cc(F)ccc1O. The minimum atomic E-state index is -0.390. The third-order valence-electron chi connectivity index (χ3n) is 2.99. The molecule has 0 atom stereocenters. The number of hydrogen-bond donors (Lipinski definition) is 2. The van der Waals surface area contributed by atoms with Crippen LogP contribution in [-0.4, -0.2) is 12.2 Å². The molecule has 106 valence electrons. The molecule has 2 rings (SSSR count). The Labute approximate surface area is 122 Å². The van der Waals surface area contributed by atoms with Gasteiger partial charge in [-0.05, 0) is 36.8 Å². The summed E-state index contributed by atoms with van der Waals surface area (Å²) in [4.78, 5) is 0. The summed E-state index contributed by atoms with van der Waals surface area (Å²) in [6, 6.07) is 7.39. The average molecular weight is 296 g/mol. The number of rotatable bonds is 4. The minimum Gasteiger partial charge on any atom is -0.508 e. The predicted octanol–water partition coefficient (Wildman–Crippen LogP) is 4.11. The van der Waals surface area contributed by atoms with Crippen molar-refractivity contribution < 1.29 is 14.2 Å². The second kappa shape index (κ2) is 6.01. The first-order valence-electron chi connectivity index (χ1n) is 6.06. The fourth-order valence-electron chi connectivity index (χ4n) is 1.86. The molecule has 0 heterocycles. The van der Waals surface area contributed by atoms with Crippen LogP contribution >= 0.6 is 11.6 Å². The normalized spacial score (nSPS) is 10.4. The summed E-state index contributed by atoms with van der Waals surface area (Å²) in [5.74, 6) is 0.249. The molecule has 0 fully saturated rings. The topological polar surface area (TPSA) is 41.5 Å². The number of methoxy groups -OCH3 is 1. The highest BCUT2D eigenvalue weighted by molar-refractivity contribution is 6.31. The van der Waals surface area contributed by atoms with Crippen LogP contribution in [0.5, 0.6) is 11.5 Å². The number of nitrogens with one attached hydrogen (secondary N) is 1. The number of phenolic OH excluding ortho intramolecular Hbond substituents is 1. The van der Waals surface area contributed by atoms with Gasteiger partial charge < -0.3 is 15.2 Å². The van der Waals surface area contributed by atoms with Gasteiger partial charge in [-0.25, -0.2) is 4.39 Å². The van der Waals surface area contributed by atoms with E-state index in [0.29, 0.717) is 16.3 Å². The first-order chi connectivity index (χ1) is 9.51. The molecule has 0 aromatic heterocycles. The first-order valence-corrected chi connectivity index (χ1v) is 6.44. The predicted molar refractivity (Wildman–Crippen MR) is 78.1 cm³/mol. The van der Waals surface area contributed by atoms with E-state index in [1.54, 1.807) is 13.2 Å². The van der Waals surface area contributed by atoms with E-state index in [9.17, 15) is 9.50 Å². The first kappa shape index (κ1) is 14.5. The zero-order valence-corrected chi connectivity index (χ0v) is 12.0. The highest BCUT2D eigenvalue weighted by atomic mass is 35.5. The highest BCUT2D eigenvalue weighted by Gasteiger charge is 2.08. The highest BCUT2D eigenvalue weighted by Crippen LogP contribution is 2.31. The molecule has 5 heteroatoms. The van der Waals surface area contributed by atoms with Gasteiger partial charge in [0.1, 0.15) is 17.3 Å². The van der Waals surface area contributed by atoms with E-state index in [1.165, 1.54) is 18.2 Å². The zero-order valence-electron chi connectivity index (χ0n) is 11.2. The lowest BCUT2D eigenvalue weighted by atomic mass is 10.1. The number of halogens is 2. The van der Waals surface area contributed by atoms with Crippen LogP contribution in [0.1, 0.15) is 11.1 Å². The molecular formula is C15H15ClFNO2. The molecule has 2 N–H and O–H groups in total. The maximum atomic E-state index is 13.2. The lowest BCUT2D eigenvalue weighted by Gasteiger charge is -2.13. The molecule has 0 spiro atoms. The molecule has 0 aliphatic carbocycles. The monoisotopic (exact) mass is 295 g/mol. The number of aromatic hydroxyl groups is 1. The van der Waals surface area contributed by atoms with E-state index in [1.807, 2.05) is 13.0 Å². The summed E-state index contributed by atoms with van der Waals surface area (Å²) >= 11 is 6.03. The summed E-state index contributed by atoms with van der Waals surface area (Å²) in [5, 5.41) is 13.4. The smallest absolute Gasteiger partial charge is 0.143 e. The lowest BCUT2D eigenvalue weighted by Crippen LogP contribution is -2.02. The summed E-state index contributed by atoms with van der Waals surface area (Å²) in [6.45, 7) is 2.16. The Morgan fingerprint density at radius 1 is 1.30 bits per heavy atom. The minimum absolute atomic E-state index is 0.0450. The third-order valence-corrected chi connectivity index (χ3v) is 3.40. The van der Waals surface area contributed by atoms with Crippen LogP contribution in [0, 0.1) is 12.7 Å². The number of hydrogen-bond acceptors (Lipinski definition) is 3. The van der Waals surface area contributed by atoms with Gasteiger partial charge in [0.2, 0.25) is 0 Å². The van der Waals surface area contributed by atoms with Gasteiger partial charge in [0.25, 0.3) is 0 Å². The lowest BCUT2D eigenvalue weighted by molar-refractivity contribution is 0.416. The van der Waals surface area contributed by atoms with E-state index in [4.69, 9.17) is 16.3 Å². The molecule has 0 amide bonds. The van der Waals surface area contributed by atoms with Gasteiger partial charge in [0.05, 0.1) is 12.8 Å². The molecule has 0 unspecified atom stereocenters. The maximum Gasteiger partial charge on any atom is 0.143 e. The van der Waals surface area contributed by atoms with Gasteiger partial charge >= 0.3 is 0 Å². The quantitative estimate of drug-likeness (QED) is 0.892. The molecule has 0 radical (unpaired) electrons. The molecule has 3 nitrogen and oxygen atoms in total. The van der Waals surface area contributed by atoms with Crippen molar-refractivity contribution in [2.45, 2.75) is 13.5 Å². The molecule has 2 aromatic carbocycles. The molecule has 0 saturated heterocycles. The van der Waals surface area contributed by atoms with Gasteiger partial charge in [0, 0.05) is 23.2 Å². The summed E-state index contributed by atoms with van der Waals surface area (Å²) in [7, 11) is 1.55. The van der Waals surface area contributed by atoms with Crippen LogP contribution in [0.25, 0.3) is 0 Å². The molecule has 0 aliphatic rings. The van der Waals surface area contributed by atoms with Crippen molar-refractivity contribution in [1.82, 2.24) is 0 Å². The molecular weight excluding hydrogens is 281 g/mol. The van der Waals surface area contributed by atoms with Crippen molar-refractivity contribution in [1.29, 1.82) is 0 Å². The number of aryl methyl sites for hydroxylation is 1. The van der Waals surface area contributed by atoms with E-state index >= 15 is 0 Å². The van der Waals surface area contributed by atoms with Gasteiger partial charge in [-0.15, -0.1) is 0 Å². The van der Waals surface area contributed by atoms with Crippen molar-refractivity contribution in [3.8, 4) is 11.5 Å². The summed E-state index contributed by atoms with van der Waals surface area (Å²) in [6.07, 6.45) is 0. The Hall–Kier alpha value is -1.94. The fraction of sp³-hybridized carbons (Fsp3) is 0.200. The average Bonchev–Trinajstić information content (AvgIpc) is 2.43. The van der Waals surface area contributed by atoms with E-state index in [0.717, 1.165) is 11.3 Å².